The van der Waals surface area contributed by atoms with Crippen LogP contribution in [0.3, 0.4) is 0 Å². The van der Waals surface area contributed by atoms with Crippen molar-refractivity contribution in [2.75, 3.05) is 19.8 Å². The predicted molar refractivity (Wildman–Crippen MR) is 71.3 cm³/mol. The molecule has 0 atom stereocenters. The normalized spacial score (nSPS) is 25.1. The van der Waals surface area contributed by atoms with E-state index in [-0.39, 0.29) is 5.54 Å². The standard InChI is InChI=1S/C14H29NO2/c1-11(2)10-16-6-7-17-13-8-12(9-13)15-14(3,4)5/h11-13,15H,6-10H2,1-5H3/t12-,13-. The first-order valence-corrected chi connectivity index (χ1v) is 6.84. The van der Waals surface area contributed by atoms with Crippen LogP contribution in [-0.2, 0) is 9.47 Å². The van der Waals surface area contributed by atoms with E-state index in [1.807, 2.05) is 0 Å². The monoisotopic (exact) mass is 243 g/mol. The van der Waals surface area contributed by atoms with E-state index < -0.39 is 0 Å². The topological polar surface area (TPSA) is 30.5 Å². The Bertz CT molecular complexity index is 205. The fourth-order valence-electron chi connectivity index (χ4n) is 2.02. The Balaban J connectivity index is 1.92. The smallest absolute Gasteiger partial charge is 0.0704 e. The zero-order valence-corrected chi connectivity index (χ0v) is 12.1. The number of hydrogen-bond donors (Lipinski definition) is 1. The van der Waals surface area contributed by atoms with Gasteiger partial charge in [-0.1, -0.05) is 13.8 Å². The first-order chi connectivity index (χ1) is 7.87. The van der Waals surface area contributed by atoms with Gasteiger partial charge in [0.1, 0.15) is 0 Å². The van der Waals surface area contributed by atoms with Gasteiger partial charge in [-0.2, -0.15) is 0 Å². The molecule has 0 amide bonds. The molecule has 0 radical (unpaired) electrons. The maximum Gasteiger partial charge on any atom is 0.0704 e. The minimum absolute atomic E-state index is 0.218. The van der Waals surface area contributed by atoms with Crippen LogP contribution in [0.4, 0.5) is 0 Å². The molecular formula is C14H29NO2. The summed E-state index contributed by atoms with van der Waals surface area (Å²) >= 11 is 0. The largest absolute Gasteiger partial charge is 0.379 e. The van der Waals surface area contributed by atoms with Gasteiger partial charge in [-0.3, -0.25) is 0 Å². The molecule has 1 rings (SSSR count). The second-order valence-electron chi connectivity index (χ2n) is 6.52. The number of ether oxygens (including phenoxy) is 2. The number of rotatable bonds is 7. The van der Waals surface area contributed by atoms with Crippen molar-refractivity contribution in [2.45, 2.75) is 65.1 Å². The fraction of sp³-hybridized carbons (Fsp3) is 1.00. The van der Waals surface area contributed by atoms with Crippen LogP contribution in [0.1, 0.15) is 47.5 Å². The quantitative estimate of drug-likeness (QED) is 0.697. The van der Waals surface area contributed by atoms with Gasteiger partial charge in [0, 0.05) is 18.2 Å². The molecule has 0 heterocycles. The summed E-state index contributed by atoms with van der Waals surface area (Å²) in [6, 6.07) is 0.636. The van der Waals surface area contributed by atoms with E-state index in [4.69, 9.17) is 9.47 Å². The lowest BCUT2D eigenvalue weighted by atomic mass is 9.87. The Morgan fingerprint density at radius 3 is 2.35 bits per heavy atom. The molecule has 102 valence electrons. The summed E-state index contributed by atoms with van der Waals surface area (Å²) in [5.41, 5.74) is 0.218. The summed E-state index contributed by atoms with van der Waals surface area (Å²) in [6.45, 7) is 13.3. The van der Waals surface area contributed by atoms with Gasteiger partial charge in [0.15, 0.2) is 0 Å². The van der Waals surface area contributed by atoms with Crippen molar-refractivity contribution in [1.29, 1.82) is 0 Å². The van der Waals surface area contributed by atoms with Gasteiger partial charge in [0.05, 0.1) is 19.3 Å². The third-order valence-corrected chi connectivity index (χ3v) is 2.76. The van der Waals surface area contributed by atoms with E-state index in [0.29, 0.717) is 18.1 Å². The van der Waals surface area contributed by atoms with Crippen LogP contribution in [0.2, 0.25) is 0 Å². The van der Waals surface area contributed by atoms with Crippen molar-refractivity contribution >= 4 is 0 Å². The summed E-state index contributed by atoms with van der Waals surface area (Å²) in [4.78, 5) is 0. The Morgan fingerprint density at radius 1 is 1.18 bits per heavy atom. The van der Waals surface area contributed by atoms with Crippen LogP contribution in [0, 0.1) is 5.92 Å². The molecular weight excluding hydrogens is 214 g/mol. The zero-order chi connectivity index (χ0) is 12.9. The predicted octanol–water partition coefficient (Wildman–Crippen LogP) is 2.59. The molecule has 17 heavy (non-hydrogen) atoms. The van der Waals surface area contributed by atoms with Crippen LogP contribution in [-0.4, -0.2) is 37.5 Å². The summed E-state index contributed by atoms with van der Waals surface area (Å²) < 4.78 is 11.2. The molecule has 1 aliphatic carbocycles. The lowest BCUT2D eigenvalue weighted by Gasteiger charge is -2.40. The molecule has 3 heteroatoms. The highest BCUT2D eigenvalue weighted by atomic mass is 16.5. The van der Waals surface area contributed by atoms with E-state index >= 15 is 0 Å². The molecule has 0 saturated heterocycles. The Morgan fingerprint density at radius 2 is 1.82 bits per heavy atom. The van der Waals surface area contributed by atoms with Crippen LogP contribution in [0.5, 0.6) is 0 Å². The molecule has 0 aromatic carbocycles. The molecule has 0 bridgehead atoms. The molecule has 0 unspecified atom stereocenters. The summed E-state index contributed by atoms with van der Waals surface area (Å²) in [5.74, 6) is 0.610. The van der Waals surface area contributed by atoms with E-state index in [1.165, 1.54) is 0 Å². The second kappa shape index (κ2) is 6.72. The van der Waals surface area contributed by atoms with Crippen molar-refractivity contribution < 1.29 is 9.47 Å². The van der Waals surface area contributed by atoms with Crippen LogP contribution in [0.25, 0.3) is 0 Å². The molecule has 1 fully saturated rings. The lowest BCUT2D eigenvalue weighted by molar-refractivity contribution is -0.0475. The molecule has 1 aliphatic rings. The highest BCUT2D eigenvalue weighted by Crippen LogP contribution is 2.25. The average molecular weight is 243 g/mol. The lowest BCUT2D eigenvalue weighted by Crippen LogP contribution is -2.52. The average Bonchev–Trinajstić information content (AvgIpc) is 2.10. The van der Waals surface area contributed by atoms with Crippen LogP contribution in [0.15, 0.2) is 0 Å². The number of nitrogens with one attached hydrogen (secondary N) is 1. The minimum Gasteiger partial charge on any atom is -0.379 e. The molecule has 0 spiro atoms. The van der Waals surface area contributed by atoms with Crippen molar-refractivity contribution in [3.63, 3.8) is 0 Å². The highest BCUT2D eigenvalue weighted by molar-refractivity contribution is 4.90. The van der Waals surface area contributed by atoms with Gasteiger partial charge in [-0.25, -0.2) is 0 Å². The van der Waals surface area contributed by atoms with Gasteiger partial charge in [-0.05, 0) is 39.5 Å². The number of hydrogen-bond acceptors (Lipinski definition) is 3. The van der Waals surface area contributed by atoms with Crippen molar-refractivity contribution in [2.24, 2.45) is 5.92 Å². The maximum atomic E-state index is 5.74. The van der Waals surface area contributed by atoms with E-state index in [1.54, 1.807) is 0 Å². The molecule has 1 N–H and O–H groups in total. The van der Waals surface area contributed by atoms with Crippen molar-refractivity contribution in [1.82, 2.24) is 5.32 Å². The fourth-order valence-corrected chi connectivity index (χ4v) is 2.02. The van der Waals surface area contributed by atoms with Crippen LogP contribution >= 0.6 is 0 Å². The van der Waals surface area contributed by atoms with Gasteiger partial charge < -0.3 is 14.8 Å². The van der Waals surface area contributed by atoms with Gasteiger partial charge in [0.25, 0.3) is 0 Å². The van der Waals surface area contributed by atoms with E-state index in [0.717, 1.165) is 32.7 Å². The van der Waals surface area contributed by atoms with Gasteiger partial charge >= 0.3 is 0 Å². The van der Waals surface area contributed by atoms with Gasteiger partial charge in [-0.15, -0.1) is 0 Å². The van der Waals surface area contributed by atoms with Gasteiger partial charge in [0.2, 0.25) is 0 Å². The molecule has 0 aromatic heterocycles. The van der Waals surface area contributed by atoms with E-state index in [2.05, 4.69) is 39.9 Å². The summed E-state index contributed by atoms with van der Waals surface area (Å²) in [6.07, 6.45) is 2.72. The second-order valence-corrected chi connectivity index (χ2v) is 6.52. The highest BCUT2D eigenvalue weighted by Gasteiger charge is 2.31. The summed E-state index contributed by atoms with van der Waals surface area (Å²) in [7, 11) is 0. The minimum atomic E-state index is 0.218. The molecule has 3 nitrogen and oxygen atoms in total. The van der Waals surface area contributed by atoms with E-state index in [9.17, 15) is 0 Å². The maximum absolute atomic E-state index is 5.74. The first-order valence-electron chi connectivity index (χ1n) is 6.84. The Hall–Kier alpha value is -0.120. The van der Waals surface area contributed by atoms with Crippen LogP contribution < -0.4 is 5.32 Å². The molecule has 0 aliphatic heterocycles. The SMILES string of the molecule is CC(C)COCCO[C@H]1C[C@H](NC(C)(C)C)C1. The Kier molecular flexibility index (Phi) is 5.90. The molecule has 1 saturated carbocycles. The van der Waals surface area contributed by atoms with Crippen molar-refractivity contribution in [3.8, 4) is 0 Å². The Labute approximate surface area is 106 Å². The third kappa shape index (κ3) is 7.02. The summed E-state index contributed by atoms with van der Waals surface area (Å²) in [5, 5.41) is 3.59. The zero-order valence-electron chi connectivity index (χ0n) is 12.1. The van der Waals surface area contributed by atoms with Crippen molar-refractivity contribution in [3.05, 3.63) is 0 Å². The first kappa shape index (κ1) is 14.9. The third-order valence-electron chi connectivity index (χ3n) is 2.76. The molecule has 0 aromatic rings.